The van der Waals surface area contributed by atoms with Gasteiger partial charge < -0.3 is 5.32 Å². The zero-order valence-corrected chi connectivity index (χ0v) is 9.68. The summed E-state index contributed by atoms with van der Waals surface area (Å²) < 4.78 is 1.14. The van der Waals surface area contributed by atoms with Gasteiger partial charge in [0.15, 0.2) is 0 Å². The maximum absolute atomic E-state index is 4.12. The number of hydrogen-bond donors (Lipinski definition) is 1. The van der Waals surface area contributed by atoms with Gasteiger partial charge in [-0.15, -0.1) is 11.3 Å². The lowest BCUT2D eigenvalue weighted by molar-refractivity contribution is 1.10. The van der Waals surface area contributed by atoms with Crippen LogP contribution in [-0.2, 0) is 6.54 Å². The molecule has 0 aliphatic carbocycles. The molecule has 72 valence electrons. The summed E-state index contributed by atoms with van der Waals surface area (Å²) in [5.74, 6) is 0.799. The molecular formula is C9H8BrN3S. The summed E-state index contributed by atoms with van der Waals surface area (Å²) in [5, 5.41) is 5.25. The van der Waals surface area contributed by atoms with E-state index in [-0.39, 0.29) is 0 Å². The predicted molar refractivity (Wildman–Crippen MR) is 61.4 cm³/mol. The van der Waals surface area contributed by atoms with Gasteiger partial charge >= 0.3 is 0 Å². The van der Waals surface area contributed by atoms with Crippen molar-refractivity contribution >= 4 is 33.1 Å². The first kappa shape index (κ1) is 9.61. The molecule has 0 aromatic carbocycles. The largest absolute Gasteiger partial charge is 0.364 e. The highest BCUT2D eigenvalue weighted by Crippen LogP contribution is 2.23. The third kappa shape index (κ3) is 2.30. The van der Waals surface area contributed by atoms with E-state index in [0.29, 0.717) is 0 Å². The Bertz CT molecular complexity index is 401. The third-order valence-corrected chi connectivity index (χ3v) is 3.61. The van der Waals surface area contributed by atoms with Crippen LogP contribution >= 0.6 is 27.3 Å². The van der Waals surface area contributed by atoms with Gasteiger partial charge in [-0.2, -0.15) is 0 Å². The van der Waals surface area contributed by atoms with E-state index in [9.17, 15) is 0 Å². The molecule has 1 N–H and O–H groups in total. The Kier molecular flexibility index (Phi) is 3.10. The van der Waals surface area contributed by atoms with Crippen molar-refractivity contribution in [3.8, 4) is 0 Å². The van der Waals surface area contributed by atoms with Gasteiger partial charge in [0, 0.05) is 21.7 Å². The maximum atomic E-state index is 4.12. The van der Waals surface area contributed by atoms with Gasteiger partial charge in [-0.25, -0.2) is 4.98 Å². The van der Waals surface area contributed by atoms with Crippen LogP contribution in [0.25, 0.3) is 0 Å². The van der Waals surface area contributed by atoms with Crippen molar-refractivity contribution in [2.45, 2.75) is 6.54 Å². The minimum absolute atomic E-state index is 0.775. The van der Waals surface area contributed by atoms with Gasteiger partial charge in [-0.05, 0) is 27.4 Å². The lowest BCUT2D eigenvalue weighted by atomic mass is 10.4. The van der Waals surface area contributed by atoms with Crippen molar-refractivity contribution in [1.29, 1.82) is 0 Å². The van der Waals surface area contributed by atoms with Gasteiger partial charge in [0.05, 0.1) is 12.7 Å². The molecule has 0 aliphatic heterocycles. The number of aromatic nitrogens is 2. The fourth-order valence-electron chi connectivity index (χ4n) is 1.01. The van der Waals surface area contributed by atoms with Crippen LogP contribution in [0.3, 0.4) is 0 Å². The second kappa shape index (κ2) is 4.52. The highest BCUT2D eigenvalue weighted by molar-refractivity contribution is 9.10. The summed E-state index contributed by atoms with van der Waals surface area (Å²) >= 11 is 5.19. The van der Waals surface area contributed by atoms with Crippen LogP contribution in [0, 0.1) is 0 Å². The fraction of sp³-hybridized carbons (Fsp3) is 0.111. The zero-order chi connectivity index (χ0) is 9.80. The molecule has 0 aliphatic rings. The molecule has 0 amide bonds. The molecule has 14 heavy (non-hydrogen) atoms. The minimum atomic E-state index is 0.775. The molecule has 0 spiro atoms. The van der Waals surface area contributed by atoms with Crippen molar-refractivity contribution in [2.75, 3.05) is 5.32 Å². The van der Waals surface area contributed by atoms with Crippen molar-refractivity contribution in [3.05, 3.63) is 39.4 Å². The first-order valence-electron chi connectivity index (χ1n) is 4.08. The highest BCUT2D eigenvalue weighted by Gasteiger charge is 2.00. The number of nitrogens with zero attached hydrogens (tertiary/aromatic N) is 2. The number of thiophene rings is 1. The number of hydrogen-bond acceptors (Lipinski definition) is 4. The second-order valence-electron chi connectivity index (χ2n) is 2.64. The summed E-state index contributed by atoms with van der Waals surface area (Å²) in [6, 6.07) is 2.04. The molecule has 0 radical (unpaired) electrons. The Balaban J connectivity index is 1.99. The normalized spacial score (nSPS) is 10.1. The zero-order valence-electron chi connectivity index (χ0n) is 7.27. The second-order valence-corrected chi connectivity index (χ2v) is 4.49. The molecule has 0 fully saturated rings. The number of anilines is 1. The Morgan fingerprint density at radius 3 is 3.00 bits per heavy atom. The molecule has 2 heterocycles. The monoisotopic (exact) mass is 269 g/mol. The smallest absolute Gasteiger partial charge is 0.144 e. The Labute approximate surface area is 94.4 Å². The van der Waals surface area contributed by atoms with Gasteiger partial charge in [-0.3, -0.25) is 4.98 Å². The third-order valence-electron chi connectivity index (χ3n) is 1.68. The van der Waals surface area contributed by atoms with E-state index in [4.69, 9.17) is 0 Å². The fourth-order valence-corrected chi connectivity index (χ4v) is 2.44. The van der Waals surface area contributed by atoms with E-state index in [1.807, 2.05) is 6.07 Å². The SMILES string of the molecule is Brc1ccsc1CNc1cnccn1. The Morgan fingerprint density at radius 1 is 1.43 bits per heavy atom. The van der Waals surface area contributed by atoms with Crippen LogP contribution in [0.5, 0.6) is 0 Å². The topological polar surface area (TPSA) is 37.8 Å². The molecule has 3 nitrogen and oxygen atoms in total. The molecular weight excluding hydrogens is 262 g/mol. The van der Waals surface area contributed by atoms with E-state index < -0.39 is 0 Å². The summed E-state index contributed by atoms with van der Waals surface area (Å²) in [4.78, 5) is 9.36. The van der Waals surface area contributed by atoms with Crippen LogP contribution in [0.15, 0.2) is 34.5 Å². The number of halogens is 1. The standard InChI is InChI=1S/C9H8BrN3S/c10-7-1-4-14-8(7)5-13-9-6-11-2-3-12-9/h1-4,6H,5H2,(H,12,13). The predicted octanol–water partition coefficient (Wildman–Crippen LogP) is 2.91. The summed E-state index contributed by atoms with van der Waals surface area (Å²) in [5.41, 5.74) is 0. The van der Waals surface area contributed by atoms with E-state index in [1.54, 1.807) is 29.9 Å². The summed E-state index contributed by atoms with van der Waals surface area (Å²) in [6.45, 7) is 0.775. The quantitative estimate of drug-likeness (QED) is 0.931. The van der Waals surface area contributed by atoms with Crippen LogP contribution in [0.2, 0.25) is 0 Å². The molecule has 0 unspecified atom stereocenters. The number of rotatable bonds is 3. The molecule has 2 rings (SSSR count). The lowest BCUT2D eigenvalue weighted by Crippen LogP contribution is -1.99. The van der Waals surface area contributed by atoms with E-state index in [1.165, 1.54) is 4.88 Å². The van der Waals surface area contributed by atoms with Crippen molar-refractivity contribution in [2.24, 2.45) is 0 Å². The van der Waals surface area contributed by atoms with Gasteiger partial charge in [-0.1, -0.05) is 0 Å². The molecule has 5 heteroatoms. The van der Waals surface area contributed by atoms with E-state index >= 15 is 0 Å². The van der Waals surface area contributed by atoms with Crippen LogP contribution < -0.4 is 5.32 Å². The van der Waals surface area contributed by atoms with Gasteiger partial charge in [0.1, 0.15) is 5.82 Å². The van der Waals surface area contributed by atoms with Crippen LogP contribution in [-0.4, -0.2) is 9.97 Å². The molecule has 0 saturated carbocycles. The average Bonchev–Trinajstić information content (AvgIpc) is 2.63. The highest BCUT2D eigenvalue weighted by atomic mass is 79.9. The first-order chi connectivity index (χ1) is 6.86. The van der Waals surface area contributed by atoms with Crippen molar-refractivity contribution in [1.82, 2.24) is 9.97 Å². The van der Waals surface area contributed by atoms with Gasteiger partial charge in [0.25, 0.3) is 0 Å². The van der Waals surface area contributed by atoms with Crippen LogP contribution in [0.1, 0.15) is 4.88 Å². The minimum Gasteiger partial charge on any atom is -0.364 e. The molecule has 2 aromatic heterocycles. The summed E-state index contributed by atoms with van der Waals surface area (Å²) in [6.07, 6.45) is 5.04. The van der Waals surface area contributed by atoms with Crippen molar-refractivity contribution in [3.63, 3.8) is 0 Å². The Morgan fingerprint density at radius 2 is 2.36 bits per heavy atom. The lowest BCUT2D eigenvalue weighted by Gasteiger charge is -2.02. The molecule has 2 aromatic rings. The maximum Gasteiger partial charge on any atom is 0.144 e. The molecule has 0 saturated heterocycles. The van der Waals surface area contributed by atoms with Gasteiger partial charge in [0.2, 0.25) is 0 Å². The summed E-state index contributed by atoms with van der Waals surface area (Å²) in [7, 11) is 0. The average molecular weight is 270 g/mol. The number of nitrogens with one attached hydrogen (secondary N) is 1. The van der Waals surface area contributed by atoms with E-state index in [0.717, 1.165) is 16.8 Å². The molecule has 0 bridgehead atoms. The van der Waals surface area contributed by atoms with E-state index in [2.05, 4.69) is 36.6 Å². The van der Waals surface area contributed by atoms with Crippen molar-refractivity contribution < 1.29 is 0 Å². The first-order valence-corrected chi connectivity index (χ1v) is 5.75. The molecule has 0 atom stereocenters. The Hall–Kier alpha value is -0.940. The van der Waals surface area contributed by atoms with Crippen LogP contribution in [0.4, 0.5) is 5.82 Å².